The van der Waals surface area contributed by atoms with Gasteiger partial charge in [-0.25, -0.2) is 0 Å². The minimum atomic E-state index is 0.0421. The lowest BCUT2D eigenvalue weighted by molar-refractivity contribution is -0.0925. The fourth-order valence-electron chi connectivity index (χ4n) is 2.69. The van der Waals surface area contributed by atoms with E-state index < -0.39 is 0 Å². The lowest BCUT2D eigenvalue weighted by atomic mass is 9.78. The number of nitrogens with one attached hydrogen (secondary N) is 1. The third-order valence-corrected chi connectivity index (χ3v) is 3.58. The van der Waals surface area contributed by atoms with Gasteiger partial charge in [0.2, 0.25) is 0 Å². The van der Waals surface area contributed by atoms with Crippen LogP contribution < -0.4 is 5.32 Å². The van der Waals surface area contributed by atoms with Crippen LogP contribution in [-0.4, -0.2) is 38.5 Å². The van der Waals surface area contributed by atoms with Crippen molar-refractivity contribution in [1.29, 1.82) is 0 Å². The fraction of sp³-hybridized carbons (Fsp3) is 1.00. The van der Waals surface area contributed by atoms with E-state index in [4.69, 9.17) is 9.47 Å². The van der Waals surface area contributed by atoms with Gasteiger partial charge in [0.15, 0.2) is 0 Å². The molecule has 0 aliphatic heterocycles. The number of ether oxygens (including phenoxy) is 2. The second kappa shape index (κ2) is 7.34. The van der Waals surface area contributed by atoms with Crippen LogP contribution in [-0.2, 0) is 9.47 Å². The van der Waals surface area contributed by atoms with Crippen molar-refractivity contribution in [3.05, 3.63) is 0 Å². The van der Waals surface area contributed by atoms with E-state index in [9.17, 15) is 0 Å². The molecule has 0 radical (unpaired) electrons. The lowest BCUT2D eigenvalue weighted by Crippen LogP contribution is -2.48. The summed E-state index contributed by atoms with van der Waals surface area (Å²) in [4.78, 5) is 0. The Labute approximate surface area is 106 Å². The summed E-state index contributed by atoms with van der Waals surface area (Å²) in [6.45, 7) is 9.09. The molecule has 1 rings (SSSR count). The molecule has 3 nitrogen and oxygen atoms in total. The highest BCUT2D eigenvalue weighted by atomic mass is 16.5. The van der Waals surface area contributed by atoms with Crippen LogP contribution in [0.5, 0.6) is 0 Å². The van der Waals surface area contributed by atoms with E-state index in [1.54, 1.807) is 7.11 Å². The van der Waals surface area contributed by atoms with E-state index in [0.717, 1.165) is 12.5 Å². The molecule has 0 bridgehead atoms. The van der Waals surface area contributed by atoms with Gasteiger partial charge >= 0.3 is 0 Å². The summed E-state index contributed by atoms with van der Waals surface area (Å²) in [7, 11) is 1.73. The highest BCUT2D eigenvalue weighted by molar-refractivity contribution is 4.89. The summed E-state index contributed by atoms with van der Waals surface area (Å²) < 4.78 is 11.2. The average molecular weight is 243 g/mol. The van der Waals surface area contributed by atoms with Crippen molar-refractivity contribution in [3.8, 4) is 0 Å². The second-order valence-corrected chi connectivity index (χ2v) is 5.76. The average Bonchev–Trinajstić information content (AvgIpc) is 2.27. The van der Waals surface area contributed by atoms with Crippen LogP contribution in [0.3, 0.4) is 0 Å². The van der Waals surface area contributed by atoms with Gasteiger partial charge in [0.25, 0.3) is 0 Å². The zero-order valence-electron chi connectivity index (χ0n) is 11.9. The predicted octanol–water partition coefficient (Wildman–Crippen LogP) is 2.60. The van der Waals surface area contributed by atoms with Gasteiger partial charge in [-0.3, -0.25) is 0 Å². The number of hydrogen-bond donors (Lipinski definition) is 1. The molecule has 1 aliphatic rings. The van der Waals surface area contributed by atoms with Crippen LogP contribution in [0.15, 0.2) is 0 Å². The minimum Gasteiger partial charge on any atom is -0.382 e. The van der Waals surface area contributed by atoms with E-state index in [1.807, 2.05) is 0 Å². The van der Waals surface area contributed by atoms with Crippen LogP contribution in [0, 0.1) is 5.92 Å². The van der Waals surface area contributed by atoms with Crippen molar-refractivity contribution < 1.29 is 9.47 Å². The third kappa shape index (κ3) is 5.36. The Morgan fingerprint density at radius 1 is 1.35 bits per heavy atom. The number of rotatable bonds is 7. The molecule has 2 atom stereocenters. The predicted molar refractivity (Wildman–Crippen MR) is 71.3 cm³/mol. The van der Waals surface area contributed by atoms with Crippen LogP contribution >= 0.6 is 0 Å². The zero-order valence-corrected chi connectivity index (χ0v) is 11.9. The molecule has 102 valence electrons. The normalized spacial score (nSPS) is 29.8. The van der Waals surface area contributed by atoms with Crippen LogP contribution in [0.1, 0.15) is 46.5 Å². The minimum absolute atomic E-state index is 0.0421. The monoisotopic (exact) mass is 243 g/mol. The maximum atomic E-state index is 6.14. The van der Waals surface area contributed by atoms with Crippen molar-refractivity contribution in [2.24, 2.45) is 5.92 Å². The number of hydrogen-bond acceptors (Lipinski definition) is 3. The second-order valence-electron chi connectivity index (χ2n) is 5.76. The first-order valence-electron chi connectivity index (χ1n) is 6.94. The standard InChI is InChI=1S/C14H29NO2/c1-12(2)15-11-14(17-9-8-16-4)7-5-6-13(3)10-14/h12-13,15H,5-11H2,1-4H3. The van der Waals surface area contributed by atoms with Crippen LogP contribution in [0.25, 0.3) is 0 Å². The van der Waals surface area contributed by atoms with Gasteiger partial charge in [-0.05, 0) is 18.8 Å². The molecular formula is C14H29NO2. The lowest BCUT2D eigenvalue weighted by Gasteiger charge is -2.40. The molecule has 0 heterocycles. The van der Waals surface area contributed by atoms with Gasteiger partial charge in [-0.1, -0.05) is 33.6 Å². The van der Waals surface area contributed by atoms with Gasteiger partial charge in [-0.2, -0.15) is 0 Å². The van der Waals surface area contributed by atoms with E-state index >= 15 is 0 Å². The molecule has 0 aromatic rings. The Bertz CT molecular complexity index is 208. The SMILES string of the molecule is COCCOC1(CNC(C)C)CCCC(C)C1. The molecule has 17 heavy (non-hydrogen) atoms. The van der Waals surface area contributed by atoms with E-state index in [0.29, 0.717) is 19.3 Å². The Kier molecular flexibility index (Phi) is 6.45. The first-order chi connectivity index (χ1) is 8.08. The van der Waals surface area contributed by atoms with E-state index in [1.165, 1.54) is 25.7 Å². The van der Waals surface area contributed by atoms with Crippen molar-refractivity contribution in [3.63, 3.8) is 0 Å². The van der Waals surface area contributed by atoms with Gasteiger partial charge < -0.3 is 14.8 Å². The van der Waals surface area contributed by atoms with Crippen molar-refractivity contribution >= 4 is 0 Å². The van der Waals surface area contributed by atoms with Crippen LogP contribution in [0.2, 0.25) is 0 Å². The first-order valence-corrected chi connectivity index (χ1v) is 6.94. The molecule has 1 fully saturated rings. The summed E-state index contributed by atoms with van der Waals surface area (Å²) >= 11 is 0. The van der Waals surface area contributed by atoms with Crippen LogP contribution in [0.4, 0.5) is 0 Å². The number of methoxy groups -OCH3 is 1. The largest absolute Gasteiger partial charge is 0.382 e. The molecule has 1 N–H and O–H groups in total. The Balaban J connectivity index is 2.49. The first kappa shape index (κ1) is 14.9. The molecule has 0 aromatic heterocycles. The molecule has 3 heteroatoms. The molecule has 1 saturated carbocycles. The Morgan fingerprint density at radius 3 is 2.71 bits per heavy atom. The quantitative estimate of drug-likeness (QED) is 0.697. The van der Waals surface area contributed by atoms with Crippen molar-refractivity contribution in [1.82, 2.24) is 5.32 Å². The summed E-state index contributed by atoms with van der Waals surface area (Å²) in [5, 5.41) is 3.54. The molecule has 1 aliphatic carbocycles. The highest BCUT2D eigenvalue weighted by Crippen LogP contribution is 2.34. The third-order valence-electron chi connectivity index (χ3n) is 3.58. The maximum Gasteiger partial charge on any atom is 0.0810 e. The molecule has 0 aromatic carbocycles. The maximum absolute atomic E-state index is 6.14. The van der Waals surface area contributed by atoms with Gasteiger partial charge in [0.05, 0.1) is 18.8 Å². The van der Waals surface area contributed by atoms with E-state index in [2.05, 4.69) is 26.1 Å². The summed E-state index contributed by atoms with van der Waals surface area (Å²) in [5.74, 6) is 0.778. The van der Waals surface area contributed by atoms with Gasteiger partial charge in [0.1, 0.15) is 0 Å². The van der Waals surface area contributed by atoms with Gasteiger partial charge in [0, 0.05) is 19.7 Å². The topological polar surface area (TPSA) is 30.5 Å². The fourth-order valence-corrected chi connectivity index (χ4v) is 2.69. The van der Waals surface area contributed by atoms with Gasteiger partial charge in [-0.15, -0.1) is 0 Å². The van der Waals surface area contributed by atoms with E-state index in [-0.39, 0.29) is 5.60 Å². The highest BCUT2D eigenvalue weighted by Gasteiger charge is 2.35. The zero-order chi connectivity index (χ0) is 12.7. The molecule has 0 saturated heterocycles. The molecule has 0 spiro atoms. The van der Waals surface area contributed by atoms with Crippen molar-refractivity contribution in [2.75, 3.05) is 26.9 Å². The summed E-state index contributed by atoms with van der Waals surface area (Å²) in [5.41, 5.74) is 0.0421. The van der Waals surface area contributed by atoms with Crippen molar-refractivity contribution in [2.45, 2.75) is 58.1 Å². The molecule has 2 unspecified atom stereocenters. The smallest absolute Gasteiger partial charge is 0.0810 e. The Hall–Kier alpha value is -0.120. The Morgan fingerprint density at radius 2 is 2.12 bits per heavy atom. The summed E-state index contributed by atoms with van der Waals surface area (Å²) in [6, 6.07) is 0.523. The molecule has 0 amide bonds. The molecular weight excluding hydrogens is 214 g/mol. The summed E-state index contributed by atoms with van der Waals surface area (Å²) in [6.07, 6.45) is 4.99.